The zero-order valence-corrected chi connectivity index (χ0v) is 15.8. The summed E-state index contributed by atoms with van der Waals surface area (Å²) in [6, 6.07) is 20.1. The van der Waals surface area contributed by atoms with Gasteiger partial charge in [-0.25, -0.2) is 4.39 Å². The Hall–Kier alpha value is -3.51. The number of benzene rings is 3. The second-order valence-electron chi connectivity index (χ2n) is 6.59. The van der Waals surface area contributed by atoms with Gasteiger partial charge in [0.15, 0.2) is 0 Å². The van der Waals surface area contributed by atoms with E-state index in [0.29, 0.717) is 29.9 Å². The first-order valence-electron chi connectivity index (χ1n) is 9.24. The Morgan fingerprint density at radius 2 is 1.52 bits per heavy atom. The molecule has 0 radical (unpaired) electrons. The fraction of sp³-hybridized carbons (Fsp3) is 0.130. The second kappa shape index (κ2) is 9.61. The van der Waals surface area contributed by atoms with Crippen LogP contribution in [0.2, 0.25) is 0 Å². The van der Waals surface area contributed by atoms with Gasteiger partial charge in [-0.05, 0) is 47.0 Å². The highest BCUT2D eigenvalue weighted by atomic mass is 19.1. The molecule has 0 unspecified atom stereocenters. The third-order valence-electron chi connectivity index (χ3n) is 4.47. The summed E-state index contributed by atoms with van der Waals surface area (Å²) in [7, 11) is 0. The molecule has 0 aliphatic rings. The third kappa shape index (κ3) is 5.73. The first-order chi connectivity index (χ1) is 14.0. The van der Waals surface area contributed by atoms with Gasteiger partial charge in [0.2, 0.25) is 5.91 Å². The summed E-state index contributed by atoms with van der Waals surface area (Å²) < 4.78 is 13.0. The Morgan fingerprint density at radius 1 is 0.862 bits per heavy atom. The van der Waals surface area contributed by atoms with Crippen LogP contribution in [-0.2, 0) is 24.3 Å². The molecule has 5 nitrogen and oxygen atoms in total. The Bertz CT molecular complexity index is 986. The van der Waals surface area contributed by atoms with E-state index in [1.165, 1.54) is 24.3 Å². The predicted molar refractivity (Wildman–Crippen MR) is 111 cm³/mol. The van der Waals surface area contributed by atoms with Gasteiger partial charge in [0.1, 0.15) is 5.82 Å². The van der Waals surface area contributed by atoms with E-state index < -0.39 is 5.82 Å². The summed E-state index contributed by atoms with van der Waals surface area (Å²) in [5.74, 6) is -0.925. The first kappa shape index (κ1) is 20.2. The van der Waals surface area contributed by atoms with E-state index in [4.69, 9.17) is 5.73 Å². The van der Waals surface area contributed by atoms with Gasteiger partial charge in [-0.1, -0.05) is 42.5 Å². The maximum absolute atomic E-state index is 13.0. The lowest BCUT2D eigenvalue weighted by molar-refractivity contribution is -0.120. The summed E-state index contributed by atoms with van der Waals surface area (Å²) in [5.41, 5.74) is 9.18. The number of nitrogens with one attached hydrogen (secondary N) is 2. The van der Waals surface area contributed by atoms with Crippen LogP contribution in [0.5, 0.6) is 0 Å². The van der Waals surface area contributed by atoms with Crippen molar-refractivity contribution in [3.05, 3.63) is 101 Å². The highest BCUT2D eigenvalue weighted by molar-refractivity contribution is 6.04. The molecule has 4 N–H and O–H groups in total. The molecule has 2 amide bonds. The number of hydrogen-bond donors (Lipinski definition) is 3. The minimum absolute atomic E-state index is 0.126. The number of amides is 2. The first-order valence-corrected chi connectivity index (χ1v) is 9.24. The molecule has 3 aromatic carbocycles. The normalized spacial score (nSPS) is 10.4. The molecule has 0 spiro atoms. The van der Waals surface area contributed by atoms with E-state index in [1.54, 1.807) is 18.2 Å². The lowest BCUT2D eigenvalue weighted by atomic mass is 10.1. The number of halogens is 1. The zero-order chi connectivity index (χ0) is 20.6. The fourth-order valence-electron chi connectivity index (χ4n) is 2.82. The van der Waals surface area contributed by atoms with Crippen LogP contribution in [0, 0.1) is 5.82 Å². The second-order valence-corrected chi connectivity index (χ2v) is 6.59. The number of rotatable bonds is 7. The summed E-state index contributed by atoms with van der Waals surface area (Å²) >= 11 is 0. The minimum atomic E-state index is -0.406. The van der Waals surface area contributed by atoms with Crippen molar-refractivity contribution in [1.29, 1.82) is 0 Å². The van der Waals surface area contributed by atoms with Crippen molar-refractivity contribution in [3.63, 3.8) is 0 Å². The van der Waals surface area contributed by atoms with Crippen LogP contribution in [0.25, 0.3) is 0 Å². The Labute approximate surface area is 168 Å². The molecule has 0 aliphatic carbocycles. The summed E-state index contributed by atoms with van der Waals surface area (Å²) in [6.45, 7) is 0.890. The Balaban J connectivity index is 1.61. The molecular weight excluding hydrogens is 369 g/mol. The van der Waals surface area contributed by atoms with Crippen molar-refractivity contribution in [2.45, 2.75) is 19.5 Å². The SMILES string of the molecule is NCc1ccc(CNC(=O)Cc2ccccc2NC(=O)c2ccc(F)cc2)cc1. The van der Waals surface area contributed by atoms with Crippen LogP contribution in [-0.4, -0.2) is 11.8 Å². The highest BCUT2D eigenvalue weighted by Crippen LogP contribution is 2.17. The molecule has 0 aromatic heterocycles. The number of carbonyl (C=O) groups is 2. The molecule has 3 aromatic rings. The third-order valence-corrected chi connectivity index (χ3v) is 4.47. The van der Waals surface area contributed by atoms with Crippen molar-refractivity contribution in [3.8, 4) is 0 Å². The van der Waals surface area contributed by atoms with Crippen LogP contribution in [0.1, 0.15) is 27.0 Å². The van der Waals surface area contributed by atoms with E-state index in [0.717, 1.165) is 11.1 Å². The van der Waals surface area contributed by atoms with Crippen LogP contribution in [0.4, 0.5) is 10.1 Å². The van der Waals surface area contributed by atoms with Gasteiger partial charge in [0, 0.05) is 24.3 Å². The minimum Gasteiger partial charge on any atom is -0.352 e. The van der Waals surface area contributed by atoms with Crippen LogP contribution >= 0.6 is 0 Å². The molecule has 6 heteroatoms. The molecule has 0 saturated heterocycles. The number of nitrogens with two attached hydrogens (primary N) is 1. The quantitative estimate of drug-likeness (QED) is 0.577. The zero-order valence-electron chi connectivity index (χ0n) is 15.8. The lowest BCUT2D eigenvalue weighted by Crippen LogP contribution is -2.25. The van der Waals surface area contributed by atoms with Gasteiger partial charge < -0.3 is 16.4 Å². The monoisotopic (exact) mass is 391 g/mol. The number of anilines is 1. The average molecular weight is 391 g/mol. The lowest BCUT2D eigenvalue weighted by Gasteiger charge is -2.12. The van der Waals surface area contributed by atoms with Gasteiger partial charge in [-0.2, -0.15) is 0 Å². The van der Waals surface area contributed by atoms with Gasteiger partial charge >= 0.3 is 0 Å². The molecule has 0 heterocycles. The standard InChI is InChI=1S/C23H22FN3O2/c24-20-11-9-18(10-12-20)23(29)27-21-4-2-1-3-19(21)13-22(28)26-15-17-7-5-16(14-25)6-8-17/h1-12H,13-15,25H2,(H,26,28)(H,27,29). The largest absolute Gasteiger partial charge is 0.352 e. The van der Waals surface area contributed by atoms with E-state index >= 15 is 0 Å². The highest BCUT2D eigenvalue weighted by Gasteiger charge is 2.12. The van der Waals surface area contributed by atoms with Gasteiger partial charge in [0.25, 0.3) is 5.91 Å². The van der Waals surface area contributed by atoms with E-state index in [-0.39, 0.29) is 18.2 Å². The molecule has 3 rings (SSSR count). The molecule has 0 aliphatic heterocycles. The topological polar surface area (TPSA) is 84.2 Å². The average Bonchev–Trinajstić information content (AvgIpc) is 2.74. The van der Waals surface area contributed by atoms with Gasteiger partial charge in [-0.3, -0.25) is 9.59 Å². The smallest absolute Gasteiger partial charge is 0.255 e. The summed E-state index contributed by atoms with van der Waals surface area (Å²) in [5, 5.41) is 5.66. The molecule has 0 saturated carbocycles. The van der Waals surface area contributed by atoms with Crippen molar-refractivity contribution < 1.29 is 14.0 Å². The molecule has 0 fully saturated rings. The Kier molecular flexibility index (Phi) is 6.71. The van der Waals surface area contributed by atoms with Crippen molar-refractivity contribution >= 4 is 17.5 Å². The molecular formula is C23H22FN3O2. The Morgan fingerprint density at radius 3 is 2.21 bits per heavy atom. The van der Waals surface area contributed by atoms with Gasteiger partial charge in [-0.15, -0.1) is 0 Å². The number of para-hydroxylation sites is 1. The predicted octanol–water partition coefficient (Wildman–Crippen LogP) is 3.40. The molecule has 0 bridgehead atoms. The van der Waals surface area contributed by atoms with E-state index in [9.17, 15) is 14.0 Å². The summed E-state index contributed by atoms with van der Waals surface area (Å²) in [4.78, 5) is 24.8. The van der Waals surface area contributed by atoms with Crippen molar-refractivity contribution in [2.75, 3.05) is 5.32 Å². The van der Waals surface area contributed by atoms with E-state index in [1.807, 2.05) is 30.3 Å². The maximum atomic E-state index is 13.0. The summed E-state index contributed by atoms with van der Waals surface area (Å²) in [6.07, 6.45) is 0.126. The number of hydrogen-bond acceptors (Lipinski definition) is 3. The van der Waals surface area contributed by atoms with Crippen LogP contribution < -0.4 is 16.4 Å². The van der Waals surface area contributed by atoms with Gasteiger partial charge in [0.05, 0.1) is 6.42 Å². The molecule has 0 atom stereocenters. The van der Waals surface area contributed by atoms with Crippen molar-refractivity contribution in [2.24, 2.45) is 5.73 Å². The fourth-order valence-corrected chi connectivity index (χ4v) is 2.82. The molecule has 29 heavy (non-hydrogen) atoms. The maximum Gasteiger partial charge on any atom is 0.255 e. The van der Waals surface area contributed by atoms with E-state index in [2.05, 4.69) is 10.6 Å². The van der Waals surface area contributed by atoms with Crippen LogP contribution in [0.15, 0.2) is 72.8 Å². The van der Waals surface area contributed by atoms with Crippen LogP contribution in [0.3, 0.4) is 0 Å². The van der Waals surface area contributed by atoms with Crippen molar-refractivity contribution in [1.82, 2.24) is 5.32 Å². The number of carbonyl (C=O) groups excluding carboxylic acids is 2. The molecule has 148 valence electrons.